The first kappa shape index (κ1) is 16.2. The van der Waals surface area contributed by atoms with Crippen molar-refractivity contribution < 1.29 is 9.59 Å². The molecule has 2 N–H and O–H groups in total. The molecule has 0 aliphatic carbocycles. The average molecular weight is 358 g/mol. The third kappa shape index (κ3) is 3.98. The number of hydrogen-bond acceptors (Lipinski definition) is 4. The Labute approximate surface area is 147 Å². The van der Waals surface area contributed by atoms with Crippen molar-refractivity contribution in [3.63, 3.8) is 0 Å². The number of amides is 2. The Morgan fingerprint density at radius 2 is 1.71 bits per heavy atom. The number of thiazole rings is 1. The number of carbonyl (C=O) groups excluding carboxylic acids is 2. The van der Waals surface area contributed by atoms with E-state index in [1.807, 2.05) is 0 Å². The molecule has 24 heavy (non-hydrogen) atoms. The van der Waals surface area contributed by atoms with Crippen LogP contribution in [0.1, 0.15) is 20.7 Å². The van der Waals surface area contributed by atoms with Gasteiger partial charge in [0.2, 0.25) is 0 Å². The van der Waals surface area contributed by atoms with Crippen molar-refractivity contribution in [1.29, 1.82) is 0 Å². The van der Waals surface area contributed by atoms with E-state index in [2.05, 4.69) is 15.6 Å². The maximum atomic E-state index is 12.2. The van der Waals surface area contributed by atoms with E-state index in [4.69, 9.17) is 11.6 Å². The summed E-state index contributed by atoms with van der Waals surface area (Å²) in [4.78, 5) is 28.4. The van der Waals surface area contributed by atoms with Gasteiger partial charge in [-0.15, -0.1) is 11.3 Å². The fourth-order valence-corrected chi connectivity index (χ4v) is 2.65. The molecule has 120 valence electrons. The monoisotopic (exact) mass is 357 g/mol. The van der Waals surface area contributed by atoms with Crippen LogP contribution in [0.4, 0.5) is 10.8 Å². The summed E-state index contributed by atoms with van der Waals surface area (Å²) in [6.45, 7) is 0. The predicted octanol–water partition coefficient (Wildman–Crippen LogP) is 4.30. The van der Waals surface area contributed by atoms with Gasteiger partial charge in [0.05, 0.1) is 0 Å². The van der Waals surface area contributed by atoms with E-state index in [1.165, 1.54) is 11.3 Å². The molecule has 1 heterocycles. The summed E-state index contributed by atoms with van der Waals surface area (Å²) in [5.74, 6) is -0.559. The molecule has 0 unspecified atom stereocenters. The highest BCUT2D eigenvalue weighted by atomic mass is 35.5. The van der Waals surface area contributed by atoms with Crippen LogP contribution in [-0.2, 0) is 0 Å². The van der Waals surface area contributed by atoms with Crippen LogP contribution >= 0.6 is 22.9 Å². The number of halogens is 1. The molecule has 2 amide bonds. The molecule has 0 radical (unpaired) electrons. The lowest BCUT2D eigenvalue weighted by Crippen LogP contribution is -2.14. The Balaban J connectivity index is 1.71. The van der Waals surface area contributed by atoms with E-state index in [0.29, 0.717) is 27.0 Å². The third-order valence-corrected chi connectivity index (χ3v) is 4.08. The van der Waals surface area contributed by atoms with Gasteiger partial charge in [0, 0.05) is 33.4 Å². The number of carbonyl (C=O) groups is 2. The number of benzene rings is 2. The molecule has 7 heteroatoms. The molecule has 0 aliphatic heterocycles. The van der Waals surface area contributed by atoms with Crippen LogP contribution in [0, 0.1) is 0 Å². The first-order chi connectivity index (χ1) is 11.6. The average Bonchev–Trinajstić information content (AvgIpc) is 3.08. The summed E-state index contributed by atoms with van der Waals surface area (Å²) >= 11 is 7.15. The number of hydrogen-bond donors (Lipinski definition) is 2. The Hall–Kier alpha value is -2.70. The van der Waals surface area contributed by atoms with E-state index in [1.54, 1.807) is 60.1 Å². The van der Waals surface area contributed by atoms with Gasteiger partial charge in [-0.1, -0.05) is 17.7 Å². The van der Waals surface area contributed by atoms with Crippen LogP contribution < -0.4 is 10.6 Å². The van der Waals surface area contributed by atoms with Crippen LogP contribution in [0.25, 0.3) is 0 Å². The lowest BCUT2D eigenvalue weighted by Gasteiger charge is -2.07. The molecule has 0 spiro atoms. The van der Waals surface area contributed by atoms with E-state index >= 15 is 0 Å². The summed E-state index contributed by atoms with van der Waals surface area (Å²) < 4.78 is 0. The molecule has 0 aliphatic rings. The molecule has 5 nitrogen and oxygen atoms in total. The van der Waals surface area contributed by atoms with Crippen molar-refractivity contribution >= 4 is 45.6 Å². The van der Waals surface area contributed by atoms with Crippen LogP contribution in [0.5, 0.6) is 0 Å². The first-order valence-corrected chi connectivity index (χ1v) is 8.25. The Morgan fingerprint density at radius 3 is 2.42 bits per heavy atom. The van der Waals surface area contributed by atoms with Gasteiger partial charge in [0.15, 0.2) is 5.13 Å². The first-order valence-electron chi connectivity index (χ1n) is 6.99. The molecule has 3 rings (SSSR count). The highest BCUT2D eigenvalue weighted by Gasteiger charge is 2.10. The van der Waals surface area contributed by atoms with Crippen molar-refractivity contribution in [2.75, 3.05) is 10.6 Å². The summed E-state index contributed by atoms with van der Waals surface area (Å²) in [6, 6.07) is 13.3. The standard InChI is InChI=1S/C17H12ClN3O2S/c18-13-6-4-11(5-7-13)15(22)20-14-3-1-2-12(10-14)16(23)21-17-19-8-9-24-17/h1-10H,(H,20,22)(H,19,21,23). The van der Waals surface area contributed by atoms with Crippen molar-refractivity contribution in [3.8, 4) is 0 Å². The van der Waals surface area contributed by atoms with Gasteiger partial charge in [-0.3, -0.25) is 14.9 Å². The number of nitrogens with zero attached hydrogens (tertiary/aromatic N) is 1. The van der Waals surface area contributed by atoms with Crippen LogP contribution in [0.3, 0.4) is 0 Å². The van der Waals surface area contributed by atoms with Gasteiger partial charge < -0.3 is 5.32 Å². The number of rotatable bonds is 4. The van der Waals surface area contributed by atoms with Crippen LogP contribution in [-0.4, -0.2) is 16.8 Å². The second-order valence-corrected chi connectivity index (χ2v) is 6.16. The van der Waals surface area contributed by atoms with E-state index in [-0.39, 0.29) is 11.8 Å². The quantitative estimate of drug-likeness (QED) is 0.731. The van der Waals surface area contributed by atoms with Gasteiger partial charge in [-0.2, -0.15) is 0 Å². The SMILES string of the molecule is O=C(Nc1cccc(C(=O)Nc2nccs2)c1)c1ccc(Cl)cc1. The Bertz CT molecular complexity index is 864. The van der Waals surface area contributed by atoms with Gasteiger partial charge >= 0.3 is 0 Å². The van der Waals surface area contributed by atoms with E-state index < -0.39 is 0 Å². The molecule has 0 fully saturated rings. The minimum absolute atomic E-state index is 0.274. The predicted molar refractivity (Wildman–Crippen MR) is 95.9 cm³/mol. The molecule has 0 bridgehead atoms. The largest absolute Gasteiger partial charge is 0.322 e. The molecular weight excluding hydrogens is 346 g/mol. The third-order valence-electron chi connectivity index (χ3n) is 3.14. The zero-order chi connectivity index (χ0) is 16.9. The lowest BCUT2D eigenvalue weighted by atomic mass is 10.1. The van der Waals surface area contributed by atoms with Crippen molar-refractivity contribution in [3.05, 3.63) is 76.3 Å². The fourth-order valence-electron chi connectivity index (χ4n) is 2.00. The van der Waals surface area contributed by atoms with Gasteiger partial charge in [0.1, 0.15) is 0 Å². The number of anilines is 2. The summed E-state index contributed by atoms with van der Waals surface area (Å²) in [6.07, 6.45) is 1.61. The summed E-state index contributed by atoms with van der Waals surface area (Å²) in [5, 5.41) is 8.32. The zero-order valence-corrected chi connectivity index (χ0v) is 13.9. The molecule has 0 saturated heterocycles. The lowest BCUT2D eigenvalue weighted by molar-refractivity contribution is 0.101. The van der Waals surface area contributed by atoms with Crippen LogP contribution in [0.2, 0.25) is 5.02 Å². The van der Waals surface area contributed by atoms with E-state index in [0.717, 1.165) is 0 Å². The minimum Gasteiger partial charge on any atom is -0.322 e. The van der Waals surface area contributed by atoms with Crippen molar-refractivity contribution in [1.82, 2.24) is 4.98 Å². The fraction of sp³-hybridized carbons (Fsp3) is 0. The van der Waals surface area contributed by atoms with Crippen molar-refractivity contribution in [2.45, 2.75) is 0 Å². The van der Waals surface area contributed by atoms with Crippen molar-refractivity contribution in [2.24, 2.45) is 0 Å². The molecule has 0 saturated carbocycles. The maximum Gasteiger partial charge on any atom is 0.257 e. The second kappa shape index (κ2) is 7.25. The highest BCUT2D eigenvalue weighted by molar-refractivity contribution is 7.13. The zero-order valence-electron chi connectivity index (χ0n) is 12.3. The smallest absolute Gasteiger partial charge is 0.257 e. The van der Waals surface area contributed by atoms with Gasteiger partial charge in [-0.05, 0) is 42.5 Å². The summed E-state index contributed by atoms with van der Waals surface area (Å²) in [7, 11) is 0. The van der Waals surface area contributed by atoms with Gasteiger partial charge in [0.25, 0.3) is 11.8 Å². The molecule has 3 aromatic rings. The normalized spacial score (nSPS) is 10.2. The molecule has 1 aromatic heterocycles. The minimum atomic E-state index is -0.285. The number of aromatic nitrogens is 1. The topological polar surface area (TPSA) is 71.1 Å². The Kier molecular flexibility index (Phi) is 4.88. The highest BCUT2D eigenvalue weighted by Crippen LogP contribution is 2.16. The maximum absolute atomic E-state index is 12.2. The molecule has 0 atom stereocenters. The Morgan fingerprint density at radius 1 is 0.958 bits per heavy atom. The number of nitrogens with one attached hydrogen (secondary N) is 2. The second-order valence-electron chi connectivity index (χ2n) is 4.83. The van der Waals surface area contributed by atoms with Gasteiger partial charge in [-0.25, -0.2) is 4.98 Å². The van der Waals surface area contributed by atoms with Crippen LogP contribution in [0.15, 0.2) is 60.1 Å². The van der Waals surface area contributed by atoms with E-state index in [9.17, 15) is 9.59 Å². The summed E-state index contributed by atoms with van der Waals surface area (Å²) in [5.41, 5.74) is 1.44. The molecular formula is C17H12ClN3O2S. The molecule has 2 aromatic carbocycles.